The van der Waals surface area contributed by atoms with E-state index in [4.69, 9.17) is 4.74 Å². The lowest BCUT2D eigenvalue weighted by Crippen LogP contribution is -2.31. The number of alkyl halides is 2. The van der Waals surface area contributed by atoms with Gasteiger partial charge < -0.3 is 19.6 Å². The van der Waals surface area contributed by atoms with Crippen LogP contribution in [0.1, 0.15) is 51.9 Å². The quantitative estimate of drug-likeness (QED) is 0.112. The van der Waals surface area contributed by atoms with Gasteiger partial charge in [-0.05, 0) is 56.7 Å². The molecule has 0 aliphatic heterocycles. The molecule has 0 spiro atoms. The number of carbonyl (C=O) groups excluding carboxylic acids is 2. The molecule has 9 nitrogen and oxygen atoms in total. The first kappa shape index (κ1) is 31.5. The topological polar surface area (TPSA) is 117 Å². The van der Waals surface area contributed by atoms with Gasteiger partial charge in [0, 0.05) is 6.42 Å². The van der Waals surface area contributed by atoms with Gasteiger partial charge in [0.2, 0.25) is 5.91 Å². The minimum Gasteiger partial charge on any atom is -0.487 e. The second kappa shape index (κ2) is 18.7. The number of halogens is 2. The lowest BCUT2D eigenvalue weighted by molar-refractivity contribution is -0.757. The van der Waals surface area contributed by atoms with Crippen LogP contribution in [0, 0.1) is 16.0 Å². The van der Waals surface area contributed by atoms with Crippen LogP contribution in [0.4, 0.5) is 8.78 Å². The number of hydrogen-bond acceptors (Lipinski definition) is 7. The molecule has 0 aromatic heterocycles. The van der Waals surface area contributed by atoms with Crippen molar-refractivity contribution in [1.29, 1.82) is 0 Å². The van der Waals surface area contributed by atoms with Crippen molar-refractivity contribution in [2.75, 3.05) is 26.4 Å². The number of benzene rings is 1. The maximum atomic E-state index is 13.6. The summed E-state index contributed by atoms with van der Waals surface area (Å²) >= 11 is 0. The minimum absolute atomic E-state index is 0.225. The smallest absolute Gasteiger partial charge is 0.325 e. The highest BCUT2D eigenvalue weighted by Gasteiger charge is 2.27. The predicted octanol–water partition coefficient (Wildman–Crippen LogP) is 5.05. The minimum atomic E-state index is -2.89. The third kappa shape index (κ3) is 17.6. The molecular weight excluding hydrogens is 490 g/mol. The zero-order valence-corrected chi connectivity index (χ0v) is 21.1. The van der Waals surface area contributed by atoms with Crippen LogP contribution < -0.4 is 10.1 Å². The Morgan fingerprint density at radius 2 is 1.89 bits per heavy atom. The number of para-hydroxylation sites is 1. The summed E-state index contributed by atoms with van der Waals surface area (Å²) in [5, 5.41) is 11.2. The molecule has 0 radical (unpaired) electrons. The monoisotopic (exact) mass is 526 g/mol. The van der Waals surface area contributed by atoms with Crippen LogP contribution >= 0.6 is 0 Å². The number of rotatable bonds is 15. The molecule has 2 rings (SSSR count). The molecule has 1 aliphatic rings. The van der Waals surface area contributed by atoms with Crippen molar-refractivity contribution in [2.45, 2.75) is 57.8 Å². The van der Waals surface area contributed by atoms with Crippen LogP contribution in [0.3, 0.4) is 0 Å². The first-order chi connectivity index (χ1) is 17.7. The van der Waals surface area contributed by atoms with E-state index in [1.54, 1.807) is 30.3 Å². The van der Waals surface area contributed by atoms with Crippen molar-refractivity contribution < 1.29 is 37.8 Å². The second-order valence-electron chi connectivity index (χ2n) is 8.28. The molecule has 1 fully saturated rings. The zero-order chi connectivity index (χ0) is 27.4. The molecule has 1 amide bonds. The molecule has 1 saturated carbocycles. The molecule has 0 unspecified atom stereocenters. The fraction of sp³-hybridized carbons (Fsp3) is 0.538. The third-order valence-corrected chi connectivity index (χ3v) is 5.17. The predicted molar refractivity (Wildman–Crippen MR) is 134 cm³/mol. The van der Waals surface area contributed by atoms with Crippen molar-refractivity contribution in [3.8, 4) is 5.75 Å². The molecule has 37 heavy (non-hydrogen) atoms. The number of unbranched alkanes of at least 4 members (excludes halogenated alkanes) is 1. The fourth-order valence-corrected chi connectivity index (χ4v) is 3.30. The van der Waals surface area contributed by atoms with Gasteiger partial charge in [-0.2, -0.15) is 8.78 Å². The van der Waals surface area contributed by atoms with Gasteiger partial charge >= 0.3 is 5.97 Å². The Morgan fingerprint density at radius 3 is 2.54 bits per heavy atom. The normalized spacial score (nSPS) is 13.7. The largest absolute Gasteiger partial charge is 0.487 e. The summed E-state index contributed by atoms with van der Waals surface area (Å²) in [7, 11) is 0. The van der Waals surface area contributed by atoms with Gasteiger partial charge in [0.05, 0.1) is 0 Å². The van der Waals surface area contributed by atoms with Gasteiger partial charge in [0.15, 0.2) is 6.61 Å². The molecule has 11 heteroatoms. The average molecular weight is 527 g/mol. The maximum Gasteiger partial charge on any atom is 0.325 e. The van der Waals surface area contributed by atoms with E-state index in [2.05, 4.69) is 14.9 Å². The van der Waals surface area contributed by atoms with E-state index >= 15 is 0 Å². The van der Waals surface area contributed by atoms with E-state index in [9.17, 15) is 28.5 Å². The van der Waals surface area contributed by atoms with E-state index in [0.29, 0.717) is 24.5 Å². The van der Waals surface area contributed by atoms with E-state index in [1.165, 1.54) is 0 Å². The molecule has 1 aliphatic carbocycles. The SMILES string of the molecule is C/C=C\CCCC(=O)NCC(=O)OCCO[N+](=O)[O-].FC(F)(/C=C/C1CCCC1)COc1ccccc1. The van der Waals surface area contributed by atoms with Gasteiger partial charge in [-0.15, -0.1) is 10.1 Å². The van der Waals surface area contributed by atoms with Crippen LogP contribution in [0.15, 0.2) is 54.6 Å². The average Bonchev–Trinajstić information content (AvgIpc) is 3.41. The van der Waals surface area contributed by atoms with Crippen molar-refractivity contribution in [3.05, 3.63) is 64.8 Å². The Morgan fingerprint density at radius 1 is 1.19 bits per heavy atom. The van der Waals surface area contributed by atoms with Gasteiger partial charge in [-0.3, -0.25) is 9.59 Å². The zero-order valence-electron chi connectivity index (χ0n) is 21.1. The third-order valence-electron chi connectivity index (χ3n) is 5.17. The number of allylic oxidation sites excluding steroid dienone is 3. The molecule has 1 N–H and O–H groups in total. The molecule has 0 heterocycles. The van der Waals surface area contributed by atoms with Crippen LogP contribution in [-0.2, 0) is 19.2 Å². The van der Waals surface area contributed by atoms with E-state index < -0.39 is 23.6 Å². The molecule has 206 valence electrons. The molecular formula is C26H36F2N2O7. The lowest BCUT2D eigenvalue weighted by atomic mass is 10.1. The van der Waals surface area contributed by atoms with Crippen molar-refractivity contribution in [2.24, 2.45) is 5.92 Å². The summed E-state index contributed by atoms with van der Waals surface area (Å²) in [6.07, 6.45) is 12.8. The van der Waals surface area contributed by atoms with Crippen molar-refractivity contribution >= 4 is 11.9 Å². The Kier molecular flexibility index (Phi) is 16.0. The van der Waals surface area contributed by atoms with E-state index in [-0.39, 0.29) is 25.7 Å². The van der Waals surface area contributed by atoms with Gasteiger partial charge in [-0.1, -0.05) is 49.3 Å². The Balaban J connectivity index is 0.000000370. The standard InChI is InChI=1S/C15H18F2O.C11H18N2O6/c16-15(17,11-10-13-6-4-5-7-13)12-18-14-8-2-1-3-9-14;1-2-3-4-5-6-10(14)12-9-11(15)18-7-8-19-13(16)17/h1-3,8-11,13H,4-7,12H2;2-3H,4-9H2,1H3,(H,12,14)/b11-10+;3-2-. The van der Waals surface area contributed by atoms with Crippen LogP contribution in [0.5, 0.6) is 5.75 Å². The summed E-state index contributed by atoms with van der Waals surface area (Å²) in [6, 6.07) is 8.71. The molecule has 1 aromatic carbocycles. The first-order valence-electron chi connectivity index (χ1n) is 12.3. The highest BCUT2D eigenvalue weighted by Crippen LogP contribution is 2.27. The Labute approximate surface area is 216 Å². The summed E-state index contributed by atoms with van der Waals surface area (Å²) in [5.41, 5.74) is 0. The van der Waals surface area contributed by atoms with Crippen LogP contribution in [0.2, 0.25) is 0 Å². The number of esters is 1. The summed E-state index contributed by atoms with van der Waals surface area (Å²) < 4.78 is 36.8. The number of amides is 1. The number of ether oxygens (including phenoxy) is 2. The molecule has 0 bridgehead atoms. The maximum absolute atomic E-state index is 13.6. The number of nitrogens with one attached hydrogen (secondary N) is 1. The number of hydrogen-bond donors (Lipinski definition) is 1. The summed E-state index contributed by atoms with van der Waals surface area (Å²) in [6.45, 7) is 0.507. The molecule has 0 saturated heterocycles. The van der Waals surface area contributed by atoms with Crippen molar-refractivity contribution in [1.82, 2.24) is 5.32 Å². The number of nitrogens with zero attached hydrogens (tertiary/aromatic N) is 1. The van der Waals surface area contributed by atoms with Crippen LogP contribution in [0.25, 0.3) is 0 Å². The van der Waals surface area contributed by atoms with Gasteiger partial charge in [0.25, 0.3) is 11.0 Å². The first-order valence-corrected chi connectivity index (χ1v) is 12.3. The highest BCUT2D eigenvalue weighted by molar-refractivity contribution is 5.81. The second-order valence-corrected chi connectivity index (χ2v) is 8.28. The van der Waals surface area contributed by atoms with E-state index in [1.807, 2.05) is 25.1 Å². The highest BCUT2D eigenvalue weighted by atomic mass is 19.3. The summed E-state index contributed by atoms with van der Waals surface area (Å²) in [5.74, 6) is -2.98. The Bertz CT molecular complexity index is 858. The van der Waals surface area contributed by atoms with Gasteiger partial charge in [0.1, 0.15) is 25.5 Å². The number of carbonyl (C=O) groups is 2. The molecule has 1 aromatic rings. The van der Waals surface area contributed by atoms with Crippen molar-refractivity contribution in [3.63, 3.8) is 0 Å². The fourth-order valence-electron chi connectivity index (χ4n) is 3.30. The molecule has 0 atom stereocenters. The lowest BCUT2D eigenvalue weighted by Gasteiger charge is -2.14. The summed E-state index contributed by atoms with van der Waals surface area (Å²) in [4.78, 5) is 36.1. The van der Waals surface area contributed by atoms with E-state index in [0.717, 1.165) is 38.2 Å². The Hall–Kier alpha value is -3.50. The van der Waals surface area contributed by atoms with Gasteiger partial charge in [-0.25, -0.2) is 0 Å². The van der Waals surface area contributed by atoms with Crippen LogP contribution in [-0.4, -0.2) is 49.3 Å².